The van der Waals surface area contributed by atoms with Gasteiger partial charge >= 0.3 is 0 Å². The molecule has 0 bridgehead atoms. The molecule has 0 aliphatic carbocycles. The van der Waals surface area contributed by atoms with E-state index in [9.17, 15) is 28.3 Å². The number of likely N-dealkylation sites (N-methyl/N-ethyl adjacent to an activating group) is 1. The molecule has 0 saturated heterocycles. The van der Waals surface area contributed by atoms with Gasteiger partial charge < -0.3 is 15.3 Å². The third kappa shape index (κ3) is 4.89. The van der Waals surface area contributed by atoms with Crippen molar-refractivity contribution >= 4 is 29.0 Å². The van der Waals surface area contributed by atoms with E-state index in [1.54, 1.807) is 54.6 Å². The van der Waals surface area contributed by atoms with Crippen molar-refractivity contribution in [3.63, 3.8) is 0 Å². The molecule has 1 aliphatic heterocycles. The Labute approximate surface area is 211 Å². The number of ketones is 1. The minimum absolute atomic E-state index is 0.304. The predicted molar refractivity (Wildman–Crippen MR) is 133 cm³/mol. The second kappa shape index (κ2) is 10.00. The molecule has 0 saturated carbocycles. The Morgan fingerprint density at radius 3 is 2.27 bits per heavy atom. The molecule has 8 nitrogen and oxygen atoms in total. The van der Waals surface area contributed by atoms with Crippen LogP contribution in [0.1, 0.15) is 29.7 Å². The molecular formula is C27H24F2N4O4. The molecule has 10 heteroatoms. The highest BCUT2D eigenvalue weighted by atomic mass is 19.1. The molecule has 0 spiro atoms. The lowest BCUT2D eigenvalue weighted by Crippen LogP contribution is -2.63. The van der Waals surface area contributed by atoms with Crippen molar-refractivity contribution in [3.05, 3.63) is 101 Å². The van der Waals surface area contributed by atoms with Crippen LogP contribution < -0.4 is 16.0 Å². The van der Waals surface area contributed by atoms with Crippen LogP contribution in [-0.2, 0) is 14.4 Å². The van der Waals surface area contributed by atoms with Gasteiger partial charge in [0.25, 0.3) is 11.8 Å². The monoisotopic (exact) mass is 506 g/mol. The van der Waals surface area contributed by atoms with Gasteiger partial charge in [-0.2, -0.15) is 0 Å². The molecule has 37 heavy (non-hydrogen) atoms. The number of hydrogen-bond donors (Lipinski definition) is 3. The molecule has 2 amide bonds. The van der Waals surface area contributed by atoms with E-state index in [0.717, 1.165) is 12.1 Å². The minimum Gasteiger partial charge on any atom is -0.378 e. The zero-order valence-corrected chi connectivity index (χ0v) is 20.0. The number of hydrogen-bond acceptors (Lipinski definition) is 6. The van der Waals surface area contributed by atoms with Gasteiger partial charge in [-0.3, -0.25) is 20.1 Å². The van der Waals surface area contributed by atoms with Crippen LogP contribution in [0.5, 0.6) is 0 Å². The third-order valence-corrected chi connectivity index (χ3v) is 6.06. The Morgan fingerprint density at radius 2 is 1.62 bits per heavy atom. The molecule has 0 fully saturated rings. The second-order valence-corrected chi connectivity index (χ2v) is 8.67. The number of nitrogens with two attached hydrogens (primary N) is 1. The zero-order valence-electron chi connectivity index (χ0n) is 20.0. The number of nitrogens with one attached hydrogen (secondary N) is 1. The van der Waals surface area contributed by atoms with E-state index in [4.69, 9.17) is 5.73 Å². The van der Waals surface area contributed by atoms with Gasteiger partial charge in [-0.15, -0.1) is 0 Å². The average molecular weight is 507 g/mol. The number of halogens is 2. The molecule has 4 rings (SSSR count). The fourth-order valence-corrected chi connectivity index (χ4v) is 4.16. The summed E-state index contributed by atoms with van der Waals surface area (Å²) in [6.45, 7) is 1.27. The molecule has 190 valence electrons. The van der Waals surface area contributed by atoms with E-state index in [0.29, 0.717) is 28.6 Å². The van der Waals surface area contributed by atoms with Crippen LogP contribution >= 0.6 is 0 Å². The quantitative estimate of drug-likeness (QED) is 0.443. The number of carbonyl (C=O) groups excluding carboxylic acids is 3. The normalized spacial score (nSPS) is 18.8. The van der Waals surface area contributed by atoms with Crippen LogP contribution in [0.3, 0.4) is 0 Å². The fraction of sp³-hybridized carbons (Fsp3) is 0.185. The van der Waals surface area contributed by atoms with Crippen LogP contribution in [0.15, 0.2) is 77.8 Å². The summed E-state index contributed by atoms with van der Waals surface area (Å²) in [5.74, 6) is -4.86. The maximum Gasteiger partial charge on any atom is 0.277 e. The van der Waals surface area contributed by atoms with Crippen molar-refractivity contribution in [1.82, 2.24) is 5.32 Å². The highest BCUT2D eigenvalue weighted by molar-refractivity contribution is 6.26. The largest absolute Gasteiger partial charge is 0.378 e. The Bertz CT molecular complexity index is 1390. The topological polar surface area (TPSA) is 125 Å². The molecule has 3 atom stereocenters. The lowest BCUT2D eigenvalue weighted by Gasteiger charge is -2.29. The summed E-state index contributed by atoms with van der Waals surface area (Å²) in [6.07, 6.45) is -1.98. The highest BCUT2D eigenvalue weighted by Gasteiger charge is 2.49. The van der Waals surface area contributed by atoms with E-state index < -0.39 is 47.0 Å². The van der Waals surface area contributed by atoms with Gasteiger partial charge in [0.1, 0.15) is 11.6 Å². The number of rotatable bonds is 6. The number of nitrogens with zero attached hydrogens (tertiary/aromatic N) is 2. The summed E-state index contributed by atoms with van der Waals surface area (Å²) >= 11 is 0. The van der Waals surface area contributed by atoms with Crippen LogP contribution in [0.25, 0.3) is 0 Å². The van der Waals surface area contributed by atoms with Gasteiger partial charge in [-0.25, -0.2) is 13.8 Å². The molecular weight excluding hydrogens is 482 g/mol. The average Bonchev–Trinajstić information content (AvgIpc) is 2.97. The summed E-state index contributed by atoms with van der Waals surface area (Å²) in [5.41, 5.74) is 5.60. The molecule has 0 radical (unpaired) electrons. The summed E-state index contributed by atoms with van der Waals surface area (Å²) < 4.78 is 27.1. The lowest BCUT2D eigenvalue weighted by atomic mass is 9.97. The first-order chi connectivity index (χ1) is 17.5. The van der Waals surface area contributed by atoms with Crippen LogP contribution in [0, 0.1) is 11.6 Å². The number of carbonyl (C=O) groups is 3. The van der Waals surface area contributed by atoms with E-state index in [1.807, 2.05) is 0 Å². The maximum absolute atomic E-state index is 13.6. The maximum atomic E-state index is 13.6. The van der Waals surface area contributed by atoms with E-state index in [-0.39, 0.29) is 5.56 Å². The SMILES string of the molecule is C[C@H](NC(=O)C(O)c1cc(F)cc(F)c1)C(=O)C1(N)N=C(c2ccccc2)c2ccccc2N(C)C1=O. The third-order valence-electron chi connectivity index (χ3n) is 6.06. The fourth-order valence-electron chi connectivity index (χ4n) is 4.16. The Hall–Kier alpha value is -4.28. The standard InChI is InChI=1S/C27H24F2N4O4/c1-15(31-25(36)23(34)17-12-18(28)14-19(29)13-17)24(35)27(30)26(37)33(2)21-11-7-6-10-20(21)22(32-27)16-8-4-3-5-9-16/h3-15,23,34H,30H2,1-2H3,(H,31,36)/t15-,23?,27?/m0/s1. The van der Waals surface area contributed by atoms with Crippen LogP contribution in [0.4, 0.5) is 14.5 Å². The van der Waals surface area contributed by atoms with Gasteiger partial charge in [0.2, 0.25) is 11.4 Å². The smallest absolute Gasteiger partial charge is 0.277 e. The molecule has 1 aliphatic rings. The molecule has 3 aromatic rings. The zero-order chi connectivity index (χ0) is 26.9. The van der Waals surface area contributed by atoms with Crippen molar-refractivity contribution in [2.24, 2.45) is 10.7 Å². The molecule has 2 unspecified atom stereocenters. The number of Topliss-reactive ketones (excluding diaryl/α,β-unsaturated/α-hetero) is 1. The predicted octanol–water partition coefficient (Wildman–Crippen LogP) is 2.24. The van der Waals surface area contributed by atoms with Gasteiger partial charge in [-0.05, 0) is 30.7 Å². The van der Waals surface area contributed by atoms with Crippen molar-refractivity contribution in [1.29, 1.82) is 0 Å². The van der Waals surface area contributed by atoms with Gasteiger partial charge in [0, 0.05) is 24.2 Å². The van der Waals surface area contributed by atoms with E-state index in [2.05, 4.69) is 10.3 Å². The number of benzodiazepines with no additional fused rings is 1. The first kappa shape index (κ1) is 25.8. The first-order valence-corrected chi connectivity index (χ1v) is 11.3. The van der Waals surface area contributed by atoms with E-state index >= 15 is 0 Å². The van der Waals surface area contributed by atoms with Crippen LogP contribution in [0.2, 0.25) is 0 Å². The Morgan fingerprint density at radius 1 is 1.03 bits per heavy atom. The number of anilines is 1. The lowest BCUT2D eigenvalue weighted by molar-refractivity contribution is -0.138. The first-order valence-electron chi connectivity index (χ1n) is 11.3. The van der Waals surface area contributed by atoms with Crippen molar-refractivity contribution in [2.75, 3.05) is 11.9 Å². The summed E-state index contributed by atoms with van der Waals surface area (Å²) in [6, 6.07) is 16.6. The van der Waals surface area contributed by atoms with Crippen molar-refractivity contribution in [2.45, 2.75) is 24.7 Å². The number of para-hydroxylation sites is 1. The summed E-state index contributed by atoms with van der Waals surface area (Å²) in [5, 5.41) is 12.6. The number of aliphatic hydroxyl groups is 1. The van der Waals surface area contributed by atoms with Crippen molar-refractivity contribution < 1.29 is 28.3 Å². The second-order valence-electron chi connectivity index (χ2n) is 8.67. The summed E-state index contributed by atoms with van der Waals surface area (Å²) in [4.78, 5) is 45.3. The molecule has 1 heterocycles. The van der Waals surface area contributed by atoms with Gasteiger partial charge in [0.05, 0.1) is 17.4 Å². The Balaban J connectivity index is 1.69. The number of amides is 2. The molecule has 3 aromatic carbocycles. The van der Waals surface area contributed by atoms with Gasteiger partial charge in [0.15, 0.2) is 6.10 Å². The number of benzene rings is 3. The molecule has 4 N–H and O–H groups in total. The van der Waals surface area contributed by atoms with Gasteiger partial charge in [-0.1, -0.05) is 48.5 Å². The summed E-state index contributed by atoms with van der Waals surface area (Å²) in [7, 11) is 1.46. The minimum atomic E-state index is -2.43. The highest BCUT2D eigenvalue weighted by Crippen LogP contribution is 2.30. The molecule has 0 aromatic heterocycles. The van der Waals surface area contributed by atoms with E-state index in [1.165, 1.54) is 18.9 Å². The van der Waals surface area contributed by atoms with Crippen LogP contribution in [-0.4, -0.2) is 47.2 Å². The number of aliphatic hydroxyl groups excluding tert-OH is 1. The number of fused-ring (bicyclic) bond motifs is 1. The Kier molecular flexibility index (Phi) is 6.97. The van der Waals surface area contributed by atoms with Crippen molar-refractivity contribution in [3.8, 4) is 0 Å². The number of aliphatic imine (C=N–C) groups is 1.